The highest BCUT2D eigenvalue weighted by atomic mass is 127. The highest BCUT2D eigenvalue weighted by Crippen LogP contribution is 2.16. The largest absolute Gasteiger partial charge is 0.465 e. The summed E-state index contributed by atoms with van der Waals surface area (Å²) in [6.07, 6.45) is 1.86. The van der Waals surface area contributed by atoms with Crippen LogP contribution in [0.3, 0.4) is 0 Å². The fourth-order valence-corrected chi connectivity index (χ4v) is 2.81. The van der Waals surface area contributed by atoms with Crippen LogP contribution in [0, 0.1) is 6.92 Å². The molecule has 0 aliphatic carbocycles. The van der Waals surface area contributed by atoms with Gasteiger partial charge in [-0.3, -0.25) is 4.99 Å². The van der Waals surface area contributed by atoms with Crippen molar-refractivity contribution in [2.24, 2.45) is 12.0 Å². The van der Waals surface area contributed by atoms with Gasteiger partial charge in [-0.05, 0) is 19.1 Å². The molecular weight excluding hydrogens is 471 g/mol. The van der Waals surface area contributed by atoms with Gasteiger partial charge >= 0.3 is 5.97 Å². The Balaban J connectivity index is 0.00000338. The van der Waals surface area contributed by atoms with Gasteiger partial charge in [-0.25, -0.2) is 4.79 Å². The summed E-state index contributed by atoms with van der Waals surface area (Å²) in [5, 5.41) is 3.92. The number of guanidine groups is 1. The Kier molecular flexibility index (Phi) is 8.48. The van der Waals surface area contributed by atoms with Crippen molar-refractivity contribution in [2.75, 3.05) is 21.2 Å². The summed E-state index contributed by atoms with van der Waals surface area (Å²) in [5.74, 6) is 1.46. The molecule has 0 spiro atoms. The molecule has 2 rings (SSSR count). The maximum Gasteiger partial charge on any atom is 0.341 e. The molecule has 0 aliphatic heterocycles. The average Bonchev–Trinajstić information content (AvgIpc) is 3.09. The predicted octanol–water partition coefficient (Wildman–Crippen LogP) is 3.19. The Bertz CT molecular complexity index is 785. The van der Waals surface area contributed by atoms with E-state index in [1.54, 1.807) is 20.0 Å². The molecule has 0 amide bonds. The minimum absolute atomic E-state index is 0. The molecule has 0 aliphatic rings. The summed E-state index contributed by atoms with van der Waals surface area (Å²) >= 11 is 6.02. The van der Waals surface area contributed by atoms with Crippen molar-refractivity contribution in [1.82, 2.24) is 14.8 Å². The van der Waals surface area contributed by atoms with Crippen molar-refractivity contribution in [2.45, 2.75) is 20.0 Å². The van der Waals surface area contributed by atoms with Gasteiger partial charge in [0.2, 0.25) is 0 Å². The van der Waals surface area contributed by atoms with Crippen LogP contribution in [0.5, 0.6) is 0 Å². The van der Waals surface area contributed by atoms with Gasteiger partial charge < -0.3 is 23.9 Å². The first kappa shape index (κ1) is 22.4. The van der Waals surface area contributed by atoms with E-state index >= 15 is 0 Å². The zero-order valence-electron chi connectivity index (χ0n) is 15.5. The Morgan fingerprint density at radius 1 is 1.46 bits per heavy atom. The lowest BCUT2D eigenvalue weighted by molar-refractivity contribution is 0.0599. The normalized spacial score (nSPS) is 11.1. The lowest BCUT2D eigenvalue weighted by Crippen LogP contribution is -2.38. The fourth-order valence-electron chi connectivity index (χ4n) is 2.54. The number of hydrogen-bond donors (Lipinski definition) is 1. The van der Waals surface area contributed by atoms with Crippen LogP contribution in [-0.4, -0.2) is 42.6 Å². The van der Waals surface area contributed by atoms with Crippen LogP contribution in [0.25, 0.3) is 0 Å². The second-order valence-corrected chi connectivity index (χ2v) is 6.13. The van der Waals surface area contributed by atoms with Gasteiger partial charge in [0.05, 0.1) is 25.2 Å². The Morgan fingerprint density at radius 2 is 2.15 bits per heavy atom. The van der Waals surface area contributed by atoms with Crippen molar-refractivity contribution < 1.29 is 13.9 Å². The van der Waals surface area contributed by atoms with E-state index in [0.717, 1.165) is 5.69 Å². The highest BCUT2D eigenvalue weighted by Gasteiger charge is 2.16. The standard InChI is InChI=1S/C17H23ClN4O3.HI/c1-11-15(16(23)24-5)7-14(25-11)8-20-17(19-2)22(4)10-13-6-12(18)9-21(13)3;/h6-7,9H,8,10H2,1-5H3,(H,19,20);1H. The number of aliphatic imine (C=N–C) groups is 1. The van der Waals surface area contributed by atoms with E-state index < -0.39 is 5.97 Å². The Hall–Kier alpha value is -1.68. The number of furan rings is 1. The third kappa shape index (κ3) is 5.41. The van der Waals surface area contributed by atoms with Crippen molar-refractivity contribution >= 4 is 47.5 Å². The Labute approximate surface area is 175 Å². The topological polar surface area (TPSA) is 72.0 Å². The first-order chi connectivity index (χ1) is 11.8. The first-order valence-corrected chi connectivity index (χ1v) is 8.13. The number of nitrogens with one attached hydrogen (secondary N) is 1. The molecule has 2 aromatic rings. The third-order valence-electron chi connectivity index (χ3n) is 3.84. The van der Waals surface area contributed by atoms with Crippen molar-refractivity contribution in [3.63, 3.8) is 0 Å². The molecule has 0 saturated heterocycles. The number of carbonyl (C=O) groups excluding carboxylic acids is 1. The number of halogens is 2. The number of aryl methyl sites for hydroxylation is 2. The van der Waals surface area contributed by atoms with E-state index in [1.807, 2.05) is 35.8 Å². The van der Waals surface area contributed by atoms with Crippen LogP contribution in [0.2, 0.25) is 5.02 Å². The second-order valence-electron chi connectivity index (χ2n) is 5.69. The molecular formula is C17H24ClIN4O3. The molecule has 0 unspecified atom stereocenters. The van der Waals surface area contributed by atoms with Crippen LogP contribution in [0.4, 0.5) is 0 Å². The molecule has 0 saturated carbocycles. The van der Waals surface area contributed by atoms with Crippen LogP contribution >= 0.6 is 35.6 Å². The number of rotatable bonds is 5. The molecule has 1 N–H and O–H groups in total. The molecule has 144 valence electrons. The van der Waals surface area contributed by atoms with Gasteiger partial charge in [0.1, 0.15) is 17.1 Å². The second kappa shape index (κ2) is 9.86. The molecule has 9 heteroatoms. The van der Waals surface area contributed by atoms with Gasteiger partial charge in [-0.2, -0.15) is 0 Å². The SMILES string of the molecule is CN=C(NCc1cc(C(=O)OC)c(C)o1)N(C)Cc1cc(Cl)cn1C.I. The van der Waals surface area contributed by atoms with E-state index in [4.69, 9.17) is 20.8 Å². The molecule has 2 heterocycles. The van der Waals surface area contributed by atoms with Gasteiger partial charge in [0.25, 0.3) is 0 Å². The lowest BCUT2D eigenvalue weighted by Gasteiger charge is -2.22. The maximum atomic E-state index is 11.6. The van der Waals surface area contributed by atoms with Crippen LogP contribution < -0.4 is 5.32 Å². The zero-order chi connectivity index (χ0) is 18.6. The van der Waals surface area contributed by atoms with Crippen molar-refractivity contribution in [3.8, 4) is 0 Å². The van der Waals surface area contributed by atoms with Crippen LogP contribution in [0.15, 0.2) is 27.7 Å². The highest BCUT2D eigenvalue weighted by molar-refractivity contribution is 14.0. The van der Waals surface area contributed by atoms with Crippen LogP contribution in [-0.2, 0) is 24.9 Å². The first-order valence-electron chi connectivity index (χ1n) is 7.75. The summed E-state index contributed by atoms with van der Waals surface area (Å²) in [6, 6.07) is 3.60. The Morgan fingerprint density at radius 3 is 2.69 bits per heavy atom. The van der Waals surface area contributed by atoms with Gasteiger partial charge in [-0.1, -0.05) is 11.6 Å². The summed E-state index contributed by atoms with van der Waals surface area (Å²) in [6.45, 7) is 2.78. The lowest BCUT2D eigenvalue weighted by atomic mass is 10.2. The van der Waals surface area contributed by atoms with Crippen LogP contribution in [0.1, 0.15) is 27.6 Å². The maximum absolute atomic E-state index is 11.6. The summed E-state index contributed by atoms with van der Waals surface area (Å²) < 4.78 is 12.3. The van der Waals surface area contributed by atoms with E-state index in [9.17, 15) is 4.79 Å². The number of ether oxygens (including phenoxy) is 1. The molecule has 7 nitrogen and oxygen atoms in total. The number of carbonyl (C=O) groups is 1. The molecule has 0 aromatic carbocycles. The predicted molar refractivity (Wildman–Crippen MR) is 112 cm³/mol. The van der Waals surface area contributed by atoms with E-state index in [1.165, 1.54) is 7.11 Å². The molecule has 0 radical (unpaired) electrons. The smallest absolute Gasteiger partial charge is 0.341 e. The van der Waals surface area contributed by atoms with Crippen molar-refractivity contribution in [3.05, 3.63) is 46.1 Å². The molecule has 0 bridgehead atoms. The molecule has 26 heavy (non-hydrogen) atoms. The minimum Gasteiger partial charge on any atom is -0.465 e. The quantitative estimate of drug-likeness (QED) is 0.299. The van der Waals surface area contributed by atoms with Gasteiger partial charge in [0, 0.05) is 33.0 Å². The monoisotopic (exact) mass is 494 g/mol. The van der Waals surface area contributed by atoms with Gasteiger partial charge in [0.15, 0.2) is 5.96 Å². The third-order valence-corrected chi connectivity index (χ3v) is 4.05. The number of aromatic nitrogens is 1. The van der Waals surface area contributed by atoms with E-state index in [-0.39, 0.29) is 24.0 Å². The van der Waals surface area contributed by atoms with E-state index in [0.29, 0.717) is 41.2 Å². The molecule has 0 fully saturated rings. The fraction of sp³-hybridized carbons (Fsp3) is 0.412. The molecule has 2 aromatic heterocycles. The van der Waals surface area contributed by atoms with E-state index in [2.05, 4.69) is 10.3 Å². The van der Waals surface area contributed by atoms with Crippen molar-refractivity contribution in [1.29, 1.82) is 0 Å². The zero-order valence-corrected chi connectivity index (χ0v) is 18.6. The summed E-state index contributed by atoms with van der Waals surface area (Å²) in [7, 11) is 6.94. The summed E-state index contributed by atoms with van der Waals surface area (Å²) in [4.78, 5) is 17.9. The summed E-state index contributed by atoms with van der Waals surface area (Å²) in [5.41, 5.74) is 1.50. The molecule has 0 atom stereocenters. The number of nitrogens with zero attached hydrogens (tertiary/aromatic N) is 3. The number of esters is 1. The average molecular weight is 495 g/mol. The number of hydrogen-bond acceptors (Lipinski definition) is 4. The van der Waals surface area contributed by atoms with Gasteiger partial charge in [-0.15, -0.1) is 24.0 Å². The minimum atomic E-state index is -0.408. The number of methoxy groups -OCH3 is 1.